The second kappa shape index (κ2) is 4.07. The van der Waals surface area contributed by atoms with Gasteiger partial charge in [-0.3, -0.25) is 4.79 Å². The van der Waals surface area contributed by atoms with Crippen LogP contribution in [0.4, 0.5) is 0 Å². The van der Waals surface area contributed by atoms with Crippen molar-refractivity contribution in [3.05, 3.63) is 29.8 Å². The predicted octanol–water partition coefficient (Wildman–Crippen LogP) is 0.583. The summed E-state index contributed by atoms with van der Waals surface area (Å²) >= 11 is 0. The summed E-state index contributed by atoms with van der Waals surface area (Å²) in [5.41, 5.74) is 0.287. The molecule has 5 nitrogen and oxygen atoms in total. The molecule has 3 rings (SSSR count). The zero-order chi connectivity index (χ0) is 12.8. The number of amides is 1. The van der Waals surface area contributed by atoms with Crippen molar-refractivity contribution < 1.29 is 13.2 Å². The monoisotopic (exact) mass is 266 g/mol. The number of benzene rings is 1. The second-order valence-electron chi connectivity index (χ2n) is 4.63. The predicted molar refractivity (Wildman–Crippen MR) is 65.7 cm³/mol. The zero-order valence-electron chi connectivity index (χ0n) is 9.80. The van der Waals surface area contributed by atoms with Crippen molar-refractivity contribution in [3.8, 4) is 0 Å². The summed E-state index contributed by atoms with van der Waals surface area (Å²) in [7, 11) is -3.64. The first-order valence-corrected chi connectivity index (χ1v) is 7.44. The number of nitrogens with zero attached hydrogens (tertiary/aromatic N) is 1. The van der Waals surface area contributed by atoms with Gasteiger partial charge in [-0.2, -0.15) is 0 Å². The molecule has 1 aromatic rings. The Kier molecular flexibility index (Phi) is 2.64. The summed E-state index contributed by atoms with van der Waals surface area (Å²) in [6, 6.07) is 6.46. The molecule has 1 atom stereocenters. The minimum Gasteiger partial charge on any atom is -0.312 e. The van der Waals surface area contributed by atoms with Crippen molar-refractivity contribution in [1.29, 1.82) is 0 Å². The van der Waals surface area contributed by atoms with Gasteiger partial charge in [-0.1, -0.05) is 12.1 Å². The van der Waals surface area contributed by atoms with Crippen LogP contribution in [0.5, 0.6) is 0 Å². The summed E-state index contributed by atoms with van der Waals surface area (Å²) in [4.78, 5) is 12.3. The van der Waals surface area contributed by atoms with Gasteiger partial charge in [-0.15, -0.1) is 0 Å². The molecule has 0 radical (unpaired) electrons. The normalized spacial score (nSPS) is 25.4. The summed E-state index contributed by atoms with van der Waals surface area (Å²) < 4.78 is 25.5. The Morgan fingerprint density at radius 1 is 1.33 bits per heavy atom. The standard InChI is InChI=1S/C12H14N2O3S/c15-12-10-5-1-2-6-11(10)18(16,17)14(12)8-9-4-3-7-13-9/h1-2,5-6,9,13H,3-4,7-8H2/t9-/m0/s1. The fraction of sp³-hybridized carbons (Fsp3) is 0.417. The van der Waals surface area contributed by atoms with Crippen LogP contribution in [0.15, 0.2) is 29.2 Å². The molecule has 2 heterocycles. The lowest BCUT2D eigenvalue weighted by atomic mass is 10.2. The van der Waals surface area contributed by atoms with Crippen LogP contribution < -0.4 is 5.32 Å². The van der Waals surface area contributed by atoms with E-state index in [0.717, 1.165) is 23.7 Å². The van der Waals surface area contributed by atoms with E-state index in [0.29, 0.717) is 0 Å². The molecule has 0 aromatic heterocycles. The van der Waals surface area contributed by atoms with Gasteiger partial charge in [-0.25, -0.2) is 12.7 Å². The van der Waals surface area contributed by atoms with E-state index in [4.69, 9.17) is 0 Å². The van der Waals surface area contributed by atoms with E-state index in [1.165, 1.54) is 6.07 Å². The van der Waals surface area contributed by atoms with Crippen LogP contribution in [-0.4, -0.2) is 37.8 Å². The summed E-state index contributed by atoms with van der Waals surface area (Å²) in [5, 5.41) is 3.21. The number of sulfonamides is 1. The van der Waals surface area contributed by atoms with Crippen LogP contribution in [0, 0.1) is 0 Å². The van der Waals surface area contributed by atoms with Crippen LogP contribution >= 0.6 is 0 Å². The number of nitrogens with one attached hydrogen (secondary N) is 1. The van der Waals surface area contributed by atoms with Gasteiger partial charge >= 0.3 is 0 Å². The van der Waals surface area contributed by atoms with Crippen LogP contribution in [-0.2, 0) is 10.0 Å². The zero-order valence-corrected chi connectivity index (χ0v) is 10.6. The molecule has 1 amide bonds. The highest BCUT2D eigenvalue weighted by Crippen LogP contribution is 2.30. The maximum atomic E-state index is 12.3. The molecular formula is C12H14N2O3S. The highest BCUT2D eigenvalue weighted by Gasteiger charge is 2.41. The highest BCUT2D eigenvalue weighted by molar-refractivity contribution is 7.90. The lowest BCUT2D eigenvalue weighted by Gasteiger charge is -2.19. The second-order valence-corrected chi connectivity index (χ2v) is 6.46. The van der Waals surface area contributed by atoms with Gasteiger partial charge in [0.25, 0.3) is 15.9 Å². The number of fused-ring (bicyclic) bond motifs is 1. The van der Waals surface area contributed by atoms with Crippen LogP contribution in [0.25, 0.3) is 0 Å². The topological polar surface area (TPSA) is 66.5 Å². The molecule has 2 aliphatic rings. The molecular weight excluding hydrogens is 252 g/mol. The smallest absolute Gasteiger partial charge is 0.269 e. The number of hydrogen-bond donors (Lipinski definition) is 1. The van der Waals surface area contributed by atoms with E-state index >= 15 is 0 Å². The van der Waals surface area contributed by atoms with Gasteiger partial charge in [0.1, 0.15) is 4.90 Å². The van der Waals surface area contributed by atoms with Crippen LogP contribution in [0.2, 0.25) is 0 Å². The van der Waals surface area contributed by atoms with Gasteiger partial charge < -0.3 is 5.32 Å². The Balaban J connectivity index is 1.96. The van der Waals surface area contributed by atoms with Gasteiger partial charge in [-0.05, 0) is 31.5 Å². The lowest BCUT2D eigenvalue weighted by molar-refractivity contribution is 0.0864. The first-order chi connectivity index (χ1) is 8.60. The van der Waals surface area contributed by atoms with Gasteiger partial charge in [0, 0.05) is 6.04 Å². The summed E-state index contributed by atoms with van der Waals surface area (Å²) in [6.45, 7) is 1.12. The Morgan fingerprint density at radius 3 is 2.78 bits per heavy atom. The van der Waals surface area contributed by atoms with Gasteiger partial charge in [0.2, 0.25) is 0 Å². The quantitative estimate of drug-likeness (QED) is 0.850. The Labute approximate surface area is 106 Å². The summed E-state index contributed by atoms with van der Waals surface area (Å²) in [5.74, 6) is -0.403. The fourth-order valence-electron chi connectivity index (χ4n) is 2.52. The first-order valence-electron chi connectivity index (χ1n) is 6.00. The maximum absolute atomic E-state index is 12.3. The SMILES string of the molecule is O=C1c2ccccc2S(=O)(=O)N1C[C@@H]1CCCN1. The lowest BCUT2D eigenvalue weighted by Crippen LogP contribution is -2.40. The molecule has 0 saturated carbocycles. The van der Waals surface area contributed by atoms with Crippen LogP contribution in [0.1, 0.15) is 23.2 Å². The molecule has 1 fully saturated rings. The first kappa shape index (κ1) is 11.7. The third kappa shape index (κ3) is 1.64. The minimum absolute atomic E-state index is 0.0815. The molecule has 6 heteroatoms. The highest BCUT2D eigenvalue weighted by atomic mass is 32.2. The van der Waals surface area contributed by atoms with Crippen molar-refractivity contribution in [2.75, 3.05) is 13.1 Å². The van der Waals surface area contributed by atoms with Crippen molar-refractivity contribution in [2.45, 2.75) is 23.8 Å². The molecule has 1 N–H and O–H groups in total. The molecule has 0 bridgehead atoms. The molecule has 0 unspecified atom stereocenters. The van der Waals surface area contributed by atoms with Gasteiger partial charge in [0.15, 0.2) is 0 Å². The Hall–Kier alpha value is -1.40. The molecule has 0 spiro atoms. The fourth-order valence-corrected chi connectivity index (χ4v) is 4.14. The third-order valence-corrected chi connectivity index (χ3v) is 5.27. The number of carbonyl (C=O) groups is 1. The molecule has 18 heavy (non-hydrogen) atoms. The number of rotatable bonds is 2. The third-order valence-electron chi connectivity index (χ3n) is 3.46. The average Bonchev–Trinajstić information content (AvgIpc) is 2.93. The van der Waals surface area contributed by atoms with E-state index in [1.54, 1.807) is 18.2 Å². The van der Waals surface area contributed by atoms with E-state index in [1.807, 2.05) is 0 Å². The molecule has 1 aromatic carbocycles. The Morgan fingerprint density at radius 2 is 2.11 bits per heavy atom. The van der Waals surface area contributed by atoms with Crippen molar-refractivity contribution in [1.82, 2.24) is 9.62 Å². The number of carbonyl (C=O) groups excluding carboxylic acids is 1. The number of hydrogen-bond acceptors (Lipinski definition) is 4. The maximum Gasteiger partial charge on any atom is 0.269 e. The average molecular weight is 266 g/mol. The molecule has 1 saturated heterocycles. The van der Waals surface area contributed by atoms with E-state index in [2.05, 4.69) is 5.32 Å². The van der Waals surface area contributed by atoms with E-state index in [-0.39, 0.29) is 23.0 Å². The molecule has 0 aliphatic carbocycles. The van der Waals surface area contributed by atoms with Gasteiger partial charge in [0.05, 0.1) is 12.1 Å². The van der Waals surface area contributed by atoms with Crippen molar-refractivity contribution in [3.63, 3.8) is 0 Å². The summed E-state index contributed by atoms with van der Waals surface area (Å²) in [6.07, 6.45) is 1.94. The molecule has 2 aliphatic heterocycles. The molecule has 96 valence electrons. The minimum atomic E-state index is -3.64. The Bertz CT molecular complexity index is 591. The van der Waals surface area contributed by atoms with E-state index < -0.39 is 15.9 Å². The van der Waals surface area contributed by atoms with Crippen molar-refractivity contribution in [2.24, 2.45) is 0 Å². The van der Waals surface area contributed by atoms with E-state index in [9.17, 15) is 13.2 Å². The van der Waals surface area contributed by atoms with Crippen molar-refractivity contribution >= 4 is 15.9 Å². The van der Waals surface area contributed by atoms with Crippen LogP contribution in [0.3, 0.4) is 0 Å². The largest absolute Gasteiger partial charge is 0.312 e.